The van der Waals surface area contributed by atoms with Crippen LogP contribution in [0.4, 0.5) is 0 Å². The molecule has 1 nitrogen and oxygen atoms in total. The van der Waals surface area contributed by atoms with Crippen LogP contribution in [0.3, 0.4) is 0 Å². The third-order valence-electron chi connectivity index (χ3n) is 2.08. The summed E-state index contributed by atoms with van der Waals surface area (Å²) in [7, 11) is 0. The fourth-order valence-corrected chi connectivity index (χ4v) is 1.42. The molecule has 0 aromatic rings. The Kier molecular flexibility index (Phi) is 2.04. The summed E-state index contributed by atoms with van der Waals surface area (Å²) in [5, 5.41) is 7.01. The molecule has 1 saturated carbocycles. The maximum absolute atomic E-state index is 7.01. The van der Waals surface area contributed by atoms with Gasteiger partial charge in [-0.1, -0.05) is 6.08 Å². The summed E-state index contributed by atoms with van der Waals surface area (Å²) in [6.45, 7) is 3.74. The van der Waals surface area contributed by atoms with Crippen LogP contribution < -0.4 is 0 Å². The smallest absolute Gasteiger partial charge is 0.00165 e. The fourth-order valence-electron chi connectivity index (χ4n) is 1.42. The molecule has 1 fully saturated rings. The molecule has 0 aliphatic heterocycles. The zero-order chi connectivity index (χ0) is 6.69. The van der Waals surface area contributed by atoms with E-state index in [4.69, 9.17) is 5.41 Å². The Labute approximate surface area is 56.3 Å². The van der Waals surface area contributed by atoms with Crippen molar-refractivity contribution < 1.29 is 0 Å². The van der Waals surface area contributed by atoms with Gasteiger partial charge in [-0.15, -0.1) is 6.58 Å². The lowest BCUT2D eigenvalue weighted by Crippen LogP contribution is -1.93. The van der Waals surface area contributed by atoms with Gasteiger partial charge < -0.3 is 5.41 Å². The maximum Gasteiger partial charge on any atom is -0.00165 e. The molecule has 1 heteroatoms. The van der Waals surface area contributed by atoms with Gasteiger partial charge in [0.2, 0.25) is 0 Å². The van der Waals surface area contributed by atoms with Crippen molar-refractivity contribution >= 4 is 6.21 Å². The number of hydrogen-bond acceptors (Lipinski definition) is 1. The van der Waals surface area contributed by atoms with E-state index < -0.39 is 0 Å². The van der Waals surface area contributed by atoms with E-state index in [0.29, 0.717) is 11.8 Å². The lowest BCUT2D eigenvalue weighted by Gasteiger charge is -1.98. The fraction of sp³-hybridized carbons (Fsp3) is 0.625. The Morgan fingerprint density at radius 1 is 1.33 bits per heavy atom. The molecule has 1 N–H and O–H groups in total. The molecule has 0 spiro atoms. The van der Waals surface area contributed by atoms with E-state index in [9.17, 15) is 0 Å². The first-order valence-corrected chi connectivity index (χ1v) is 3.50. The van der Waals surface area contributed by atoms with E-state index in [1.54, 1.807) is 6.21 Å². The van der Waals surface area contributed by atoms with Crippen LogP contribution in [0, 0.1) is 17.2 Å². The molecule has 9 heavy (non-hydrogen) atoms. The number of allylic oxidation sites excluding steroid dienone is 1. The first-order valence-electron chi connectivity index (χ1n) is 3.50. The summed E-state index contributed by atoms with van der Waals surface area (Å²) in [5.41, 5.74) is 0. The van der Waals surface area contributed by atoms with Crippen molar-refractivity contribution in [2.75, 3.05) is 0 Å². The second-order valence-electron chi connectivity index (χ2n) is 2.74. The zero-order valence-electron chi connectivity index (χ0n) is 5.64. The molecule has 2 atom stereocenters. The molecule has 2 unspecified atom stereocenters. The molecule has 0 amide bonds. The lowest BCUT2D eigenvalue weighted by atomic mass is 10.1. The number of hydrogen-bond donors (Lipinski definition) is 1. The third-order valence-corrected chi connectivity index (χ3v) is 2.08. The van der Waals surface area contributed by atoms with Gasteiger partial charge in [0, 0.05) is 0 Å². The average molecular weight is 123 g/mol. The highest BCUT2D eigenvalue weighted by atomic mass is 14.4. The maximum atomic E-state index is 7.01. The highest BCUT2D eigenvalue weighted by Crippen LogP contribution is 2.29. The van der Waals surface area contributed by atoms with E-state index in [1.807, 2.05) is 6.08 Å². The van der Waals surface area contributed by atoms with Crippen LogP contribution in [0.25, 0.3) is 0 Å². The van der Waals surface area contributed by atoms with Gasteiger partial charge in [-0.05, 0) is 37.3 Å². The molecule has 0 aromatic heterocycles. The summed E-state index contributed by atoms with van der Waals surface area (Å²) < 4.78 is 0. The summed E-state index contributed by atoms with van der Waals surface area (Å²) in [6.07, 6.45) is 7.18. The highest BCUT2D eigenvalue weighted by Gasteiger charge is 2.19. The van der Waals surface area contributed by atoms with Crippen molar-refractivity contribution in [2.45, 2.75) is 19.3 Å². The van der Waals surface area contributed by atoms with Crippen LogP contribution in [0.5, 0.6) is 0 Å². The summed E-state index contributed by atoms with van der Waals surface area (Å²) >= 11 is 0. The number of nitrogens with one attached hydrogen (secondary N) is 1. The van der Waals surface area contributed by atoms with Gasteiger partial charge in [-0.2, -0.15) is 0 Å². The van der Waals surface area contributed by atoms with Crippen LogP contribution in [-0.2, 0) is 0 Å². The van der Waals surface area contributed by atoms with Crippen molar-refractivity contribution in [2.24, 2.45) is 11.8 Å². The normalized spacial score (nSPS) is 34.2. The minimum atomic E-state index is 0.549. The summed E-state index contributed by atoms with van der Waals surface area (Å²) in [4.78, 5) is 0. The quantitative estimate of drug-likeness (QED) is 0.430. The topological polar surface area (TPSA) is 23.9 Å². The second kappa shape index (κ2) is 2.81. The Balaban J connectivity index is 2.36. The standard InChI is InChI=1S/C8H13N/c1-2-7-3-4-8(5-7)6-9/h2,6-9H,1,3-5H2. The van der Waals surface area contributed by atoms with Crippen LogP contribution in [0.15, 0.2) is 12.7 Å². The zero-order valence-corrected chi connectivity index (χ0v) is 5.64. The molecule has 0 radical (unpaired) electrons. The van der Waals surface area contributed by atoms with E-state index in [2.05, 4.69) is 6.58 Å². The van der Waals surface area contributed by atoms with Crippen molar-refractivity contribution in [1.82, 2.24) is 0 Å². The van der Waals surface area contributed by atoms with Gasteiger partial charge in [-0.3, -0.25) is 0 Å². The summed E-state index contributed by atoms with van der Waals surface area (Å²) in [5.74, 6) is 1.24. The van der Waals surface area contributed by atoms with Crippen LogP contribution in [0.2, 0.25) is 0 Å². The molecule has 1 aliphatic carbocycles. The molecule has 50 valence electrons. The lowest BCUT2D eigenvalue weighted by molar-refractivity contribution is 0.665. The van der Waals surface area contributed by atoms with E-state index in [-0.39, 0.29) is 0 Å². The van der Waals surface area contributed by atoms with Crippen LogP contribution in [-0.4, -0.2) is 6.21 Å². The third kappa shape index (κ3) is 1.41. The van der Waals surface area contributed by atoms with Gasteiger partial charge in [0.15, 0.2) is 0 Å². The minimum Gasteiger partial charge on any atom is -0.313 e. The van der Waals surface area contributed by atoms with Crippen molar-refractivity contribution in [3.8, 4) is 0 Å². The van der Waals surface area contributed by atoms with Crippen LogP contribution in [0.1, 0.15) is 19.3 Å². The molecule has 0 heterocycles. The summed E-state index contributed by atoms with van der Waals surface area (Å²) in [6, 6.07) is 0. The highest BCUT2D eigenvalue weighted by molar-refractivity contribution is 5.57. The van der Waals surface area contributed by atoms with Gasteiger partial charge in [-0.25, -0.2) is 0 Å². The van der Waals surface area contributed by atoms with Gasteiger partial charge in [0.1, 0.15) is 0 Å². The van der Waals surface area contributed by atoms with E-state index in [0.717, 1.165) is 6.42 Å². The molecular weight excluding hydrogens is 110 g/mol. The monoisotopic (exact) mass is 123 g/mol. The Morgan fingerprint density at radius 2 is 2.00 bits per heavy atom. The minimum absolute atomic E-state index is 0.549. The molecule has 0 bridgehead atoms. The van der Waals surface area contributed by atoms with Crippen molar-refractivity contribution in [1.29, 1.82) is 5.41 Å². The van der Waals surface area contributed by atoms with Gasteiger partial charge >= 0.3 is 0 Å². The van der Waals surface area contributed by atoms with E-state index in [1.165, 1.54) is 12.8 Å². The van der Waals surface area contributed by atoms with Crippen molar-refractivity contribution in [3.05, 3.63) is 12.7 Å². The molecule has 0 aromatic carbocycles. The van der Waals surface area contributed by atoms with E-state index >= 15 is 0 Å². The van der Waals surface area contributed by atoms with Gasteiger partial charge in [0.05, 0.1) is 0 Å². The van der Waals surface area contributed by atoms with Gasteiger partial charge in [0.25, 0.3) is 0 Å². The Hall–Kier alpha value is -0.590. The predicted molar refractivity (Wildman–Crippen MR) is 39.8 cm³/mol. The molecular formula is C8H13N. The van der Waals surface area contributed by atoms with Crippen LogP contribution >= 0.6 is 0 Å². The average Bonchev–Trinajstić information content (AvgIpc) is 2.34. The second-order valence-corrected chi connectivity index (χ2v) is 2.74. The number of rotatable bonds is 2. The molecule has 1 rings (SSSR count). The largest absolute Gasteiger partial charge is 0.313 e. The molecule has 1 aliphatic rings. The van der Waals surface area contributed by atoms with Crippen molar-refractivity contribution in [3.63, 3.8) is 0 Å². The predicted octanol–water partition coefficient (Wildman–Crippen LogP) is 2.24. The SMILES string of the molecule is C=CC1CCC(C=N)C1. The molecule has 0 saturated heterocycles. The first-order chi connectivity index (χ1) is 4.36. The Morgan fingerprint density at radius 3 is 2.33 bits per heavy atom. The Bertz CT molecular complexity index is 104. The first kappa shape index (κ1) is 6.53.